The fourth-order valence-electron chi connectivity index (χ4n) is 1.75. The Kier molecular flexibility index (Phi) is 4.88. The maximum atomic E-state index is 13.4. The van der Waals surface area contributed by atoms with Gasteiger partial charge in [-0.3, -0.25) is 4.79 Å². The number of hydrogen-bond acceptors (Lipinski definition) is 4. The lowest BCUT2D eigenvalue weighted by molar-refractivity contribution is -0.137. The molecule has 0 aliphatic rings. The summed E-state index contributed by atoms with van der Waals surface area (Å²) in [6.07, 6.45) is 1.40. The van der Waals surface area contributed by atoms with Crippen LogP contribution in [0.2, 0.25) is 0 Å². The fourth-order valence-corrected chi connectivity index (χ4v) is 2.62. The Bertz CT molecular complexity index is 580. The highest BCUT2D eigenvalue weighted by molar-refractivity contribution is 7.90. The van der Waals surface area contributed by atoms with Gasteiger partial charge in [0.1, 0.15) is 16.5 Å². The summed E-state index contributed by atoms with van der Waals surface area (Å²) in [6.45, 7) is 0. The van der Waals surface area contributed by atoms with Crippen LogP contribution in [0.4, 0.5) is 4.39 Å². The number of hydrogen-bond donors (Lipinski definition) is 1. The van der Waals surface area contributed by atoms with Crippen LogP contribution in [-0.2, 0) is 21.1 Å². The molecule has 19 heavy (non-hydrogen) atoms. The lowest BCUT2D eigenvalue weighted by atomic mass is 10.1. The van der Waals surface area contributed by atoms with Crippen LogP contribution in [0.25, 0.3) is 0 Å². The van der Waals surface area contributed by atoms with Crippen LogP contribution in [0, 0.1) is 5.82 Å². The predicted octanol–water partition coefficient (Wildman–Crippen LogP) is 1.65. The van der Waals surface area contributed by atoms with Gasteiger partial charge in [0.05, 0.1) is 7.11 Å². The molecule has 1 N–H and O–H groups in total. The van der Waals surface area contributed by atoms with Gasteiger partial charge in [-0.25, -0.2) is 12.8 Å². The van der Waals surface area contributed by atoms with Gasteiger partial charge in [-0.1, -0.05) is 0 Å². The van der Waals surface area contributed by atoms with Gasteiger partial charge in [0.25, 0.3) is 0 Å². The van der Waals surface area contributed by atoms with Gasteiger partial charge in [0, 0.05) is 12.7 Å². The number of aliphatic carboxylic acids is 1. The molecule has 1 aromatic carbocycles. The smallest absolute Gasteiger partial charge is 0.303 e. The Hall–Kier alpha value is -1.63. The monoisotopic (exact) mass is 290 g/mol. The lowest BCUT2D eigenvalue weighted by Crippen LogP contribution is -2.05. The van der Waals surface area contributed by atoms with E-state index in [2.05, 4.69) is 0 Å². The SMILES string of the molecule is COc1c(CCCC(=O)O)cc(F)cc1S(C)(=O)=O. The van der Waals surface area contributed by atoms with E-state index in [1.54, 1.807) is 0 Å². The first-order valence-corrected chi connectivity index (χ1v) is 7.43. The van der Waals surface area contributed by atoms with Gasteiger partial charge in [-0.2, -0.15) is 0 Å². The highest BCUT2D eigenvalue weighted by Gasteiger charge is 2.19. The van der Waals surface area contributed by atoms with E-state index < -0.39 is 21.6 Å². The Labute approximate surface area is 110 Å². The third-order valence-corrected chi connectivity index (χ3v) is 3.64. The third-order valence-electron chi connectivity index (χ3n) is 2.54. The maximum absolute atomic E-state index is 13.4. The highest BCUT2D eigenvalue weighted by atomic mass is 32.2. The van der Waals surface area contributed by atoms with Crippen molar-refractivity contribution in [3.8, 4) is 5.75 Å². The number of carboxylic acid groups (broad SMARTS) is 1. The minimum Gasteiger partial charge on any atom is -0.495 e. The molecule has 0 heterocycles. The minimum atomic E-state index is -3.61. The normalized spacial score (nSPS) is 11.3. The van der Waals surface area contributed by atoms with E-state index in [4.69, 9.17) is 9.84 Å². The van der Waals surface area contributed by atoms with Gasteiger partial charge in [-0.05, 0) is 30.5 Å². The van der Waals surface area contributed by atoms with Crippen molar-refractivity contribution in [1.82, 2.24) is 0 Å². The van der Waals surface area contributed by atoms with Gasteiger partial charge in [0.2, 0.25) is 0 Å². The Morgan fingerprint density at radius 1 is 1.42 bits per heavy atom. The summed E-state index contributed by atoms with van der Waals surface area (Å²) in [5.74, 6) is -1.57. The van der Waals surface area contributed by atoms with Crippen molar-refractivity contribution in [2.24, 2.45) is 0 Å². The second kappa shape index (κ2) is 6.01. The topological polar surface area (TPSA) is 80.7 Å². The molecule has 7 heteroatoms. The molecule has 0 saturated heterocycles. The van der Waals surface area contributed by atoms with Crippen molar-refractivity contribution in [2.45, 2.75) is 24.2 Å². The molecule has 106 valence electrons. The summed E-state index contributed by atoms with van der Waals surface area (Å²) in [5, 5.41) is 8.56. The summed E-state index contributed by atoms with van der Waals surface area (Å²) in [7, 11) is -2.32. The molecule has 0 radical (unpaired) electrons. The molecular weight excluding hydrogens is 275 g/mol. The summed E-state index contributed by atoms with van der Waals surface area (Å²) in [4.78, 5) is 10.2. The Morgan fingerprint density at radius 3 is 2.53 bits per heavy atom. The first-order chi connectivity index (χ1) is 8.75. The predicted molar refractivity (Wildman–Crippen MR) is 66.6 cm³/mol. The van der Waals surface area contributed by atoms with E-state index in [0.717, 1.165) is 18.4 Å². The van der Waals surface area contributed by atoms with Crippen molar-refractivity contribution >= 4 is 15.8 Å². The summed E-state index contributed by atoms with van der Waals surface area (Å²) in [5.41, 5.74) is 0.351. The van der Waals surface area contributed by atoms with Crippen molar-refractivity contribution in [2.75, 3.05) is 13.4 Å². The number of aryl methyl sites for hydroxylation is 1. The molecule has 0 saturated carbocycles. The molecular formula is C12H15FO5S. The maximum Gasteiger partial charge on any atom is 0.303 e. The Balaban J connectivity index is 3.17. The van der Waals surface area contributed by atoms with Crippen LogP contribution >= 0.6 is 0 Å². The van der Waals surface area contributed by atoms with Gasteiger partial charge < -0.3 is 9.84 Å². The zero-order valence-corrected chi connectivity index (χ0v) is 11.5. The molecule has 0 aliphatic heterocycles. The van der Waals surface area contributed by atoms with Crippen molar-refractivity contribution in [3.63, 3.8) is 0 Å². The third kappa shape index (κ3) is 4.20. The number of halogens is 1. The lowest BCUT2D eigenvalue weighted by Gasteiger charge is -2.12. The molecule has 0 amide bonds. The second-order valence-corrected chi connectivity index (χ2v) is 6.10. The fraction of sp³-hybridized carbons (Fsp3) is 0.417. The van der Waals surface area contributed by atoms with E-state index in [9.17, 15) is 17.6 Å². The number of rotatable bonds is 6. The van der Waals surface area contributed by atoms with E-state index >= 15 is 0 Å². The van der Waals surface area contributed by atoms with Crippen molar-refractivity contribution < 1.29 is 27.4 Å². The van der Waals surface area contributed by atoms with Crippen molar-refractivity contribution in [3.05, 3.63) is 23.5 Å². The highest BCUT2D eigenvalue weighted by Crippen LogP contribution is 2.30. The molecule has 5 nitrogen and oxygen atoms in total. The molecule has 0 spiro atoms. The van der Waals surface area contributed by atoms with Crippen LogP contribution < -0.4 is 4.74 Å². The first kappa shape index (κ1) is 15.4. The summed E-state index contributed by atoms with van der Waals surface area (Å²) < 4.78 is 41.6. The zero-order chi connectivity index (χ0) is 14.6. The second-order valence-electron chi connectivity index (χ2n) is 4.12. The number of carboxylic acids is 1. The van der Waals surface area contributed by atoms with E-state index in [-0.39, 0.29) is 29.9 Å². The largest absolute Gasteiger partial charge is 0.495 e. The number of ether oxygens (including phenoxy) is 1. The van der Waals surface area contributed by atoms with Crippen LogP contribution in [0.3, 0.4) is 0 Å². The van der Waals surface area contributed by atoms with E-state index in [1.165, 1.54) is 7.11 Å². The number of methoxy groups -OCH3 is 1. The van der Waals surface area contributed by atoms with E-state index in [1.807, 2.05) is 0 Å². The van der Waals surface area contributed by atoms with Crippen LogP contribution in [0.1, 0.15) is 18.4 Å². The molecule has 1 rings (SSSR count). The number of carbonyl (C=O) groups is 1. The molecule has 0 bridgehead atoms. The van der Waals surface area contributed by atoms with Gasteiger partial charge in [-0.15, -0.1) is 0 Å². The number of benzene rings is 1. The molecule has 0 aliphatic carbocycles. The standard InChI is InChI=1S/C12H15FO5S/c1-18-12-8(4-3-5-11(14)15)6-9(13)7-10(12)19(2,16)17/h6-7H,3-5H2,1-2H3,(H,14,15). The summed E-state index contributed by atoms with van der Waals surface area (Å²) >= 11 is 0. The molecule has 0 aromatic heterocycles. The minimum absolute atomic E-state index is 0.0755. The Morgan fingerprint density at radius 2 is 2.05 bits per heavy atom. The average Bonchev–Trinajstić information content (AvgIpc) is 2.26. The average molecular weight is 290 g/mol. The van der Waals surface area contributed by atoms with Crippen LogP contribution in [0.15, 0.2) is 17.0 Å². The van der Waals surface area contributed by atoms with Gasteiger partial charge >= 0.3 is 5.97 Å². The molecule has 0 atom stereocenters. The summed E-state index contributed by atoms with van der Waals surface area (Å²) in [6, 6.07) is 2.06. The number of sulfone groups is 1. The van der Waals surface area contributed by atoms with Crippen LogP contribution in [-0.4, -0.2) is 32.9 Å². The van der Waals surface area contributed by atoms with Gasteiger partial charge in [0.15, 0.2) is 9.84 Å². The molecule has 1 aromatic rings. The van der Waals surface area contributed by atoms with Crippen molar-refractivity contribution in [1.29, 1.82) is 0 Å². The van der Waals surface area contributed by atoms with E-state index in [0.29, 0.717) is 5.56 Å². The van der Waals surface area contributed by atoms with Crippen LogP contribution in [0.5, 0.6) is 5.75 Å². The molecule has 0 unspecified atom stereocenters. The zero-order valence-electron chi connectivity index (χ0n) is 10.6. The molecule has 0 fully saturated rings. The quantitative estimate of drug-likeness (QED) is 0.861. The first-order valence-electron chi connectivity index (χ1n) is 5.54.